The van der Waals surface area contributed by atoms with Crippen LogP contribution in [0.25, 0.3) is 0 Å². The van der Waals surface area contributed by atoms with Gasteiger partial charge in [0.2, 0.25) is 0 Å². The van der Waals surface area contributed by atoms with Gasteiger partial charge in [-0.05, 0) is 110 Å². The number of aromatic nitrogens is 1. The molecular weight excluding hydrogens is 536 g/mol. The number of carbonyl (C=O) groups excluding carboxylic acids is 1. The molecule has 7 nitrogen and oxygen atoms in total. The van der Waals surface area contributed by atoms with Crippen molar-refractivity contribution in [1.82, 2.24) is 14.9 Å². The number of ether oxygens (including phenoxy) is 1. The number of nitrogens with two attached hydrogens (primary N) is 1. The number of amides is 2. The lowest BCUT2D eigenvalue weighted by atomic mass is 9.76. The fraction of sp³-hybridized carbons (Fsp3) is 0.394. The number of hydroxylamine groups is 2. The van der Waals surface area contributed by atoms with Crippen molar-refractivity contribution in [2.24, 2.45) is 11.7 Å². The molecule has 1 unspecified atom stereocenters. The van der Waals surface area contributed by atoms with Gasteiger partial charge in [0.15, 0.2) is 0 Å². The van der Waals surface area contributed by atoms with E-state index in [1.54, 1.807) is 0 Å². The first kappa shape index (κ1) is 28.9. The van der Waals surface area contributed by atoms with Crippen LogP contribution in [0.4, 0.5) is 4.79 Å². The molecule has 5 rings (SSSR count). The van der Waals surface area contributed by atoms with Gasteiger partial charge in [0.05, 0.1) is 18.8 Å². The monoisotopic (exact) mass is 572 g/mol. The summed E-state index contributed by atoms with van der Waals surface area (Å²) in [6.07, 6.45) is 7.60. The average molecular weight is 573 g/mol. The van der Waals surface area contributed by atoms with Crippen LogP contribution >= 0.6 is 11.6 Å². The van der Waals surface area contributed by atoms with E-state index in [9.17, 15) is 10.0 Å². The first-order valence-corrected chi connectivity index (χ1v) is 14.8. The summed E-state index contributed by atoms with van der Waals surface area (Å²) >= 11 is 6.38. The number of urea groups is 1. The topological polar surface area (TPSA) is 91.9 Å². The van der Waals surface area contributed by atoms with Crippen LogP contribution in [-0.4, -0.2) is 59.0 Å². The zero-order valence-corrected chi connectivity index (χ0v) is 24.0. The normalized spacial score (nSPS) is 17.0. The standard InChI is InChI=1S/C33H37ClN4O3/c34-28-11-14-30-27(23-28)10-9-26-6-3-17-36-32(26)31(30)25-15-20-37(21-16-25)18-4-22-41-29-12-7-24(8-13-29)5-1-2-19-38(40)33(35)39/h3,6-8,11-14,17,23,25,31,40H,2,4,9-10,15-16,18-22H2,(H2,35,39). The molecule has 0 radical (unpaired) electrons. The number of hydrogen-bond acceptors (Lipinski definition) is 5. The Balaban J connectivity index is 1.08. The maximum atomic E-state index is 10.8. The second kappa shape index (κ2) is 13.9. The number of carbonyl (C=O) groups is 1. The molecule has 2 amide bonds. The van der Waals surface area contributed by atoms with Gasteiger partial charge in [-0.25, -0.2) is 9.86 Å². The lowest BCUT2D eigenvalue weighted by Gasteiger charge is -2.36. The van der Waals surface area contributed by atoms with E-state index >= 15 is 0 Å². The van der Waals surface area contributed by atoms with Crippen LogP contribution in [0.2, 0.25) is 5.02 Å². The van der Waals surface area contributed by atoms with Crippen molar-refractivity contribution in [3.05, 3.63) is 93.8 Å². The number of likely N-dealkylation sites (tertiary alicyclic amines) is 1. The van der Waals surface area contributed by atoms with E-state index in [4.69, 9.17) is 27.1 Å². The van der Waals surface area contributed by atoms with Crippen molar-refractivity contribution < 1.29 is 14.7 Å². The van der Waals surface area contributed by atoms with Gasteiger partial charge in [-0.2, -0.15) is 0 Å². The molecule has 0 saturated carbocycles. The van der Waals surface area contributed by atoms with E-state index in [-0.39, 0.29) is 6.54 Å². The average Bonchev–Trinajstić information content (AvgIpc) is 3.15. The molecule has 3 N–H and O–H groups in total. The zero-order valence-electron chi connectivity index (χ0n) is 23.3. The van der Waals surface area contributed by atoms with Crippen LogP contribution in [0.5, 0.6) is 5.75 Å². The molecule has 214 valence electrons. The van der Waals surface area contributed by atoms with Gasteiger partial charge in [-0.15, -0.1) is 0 Å². The van der Waals surface area contributed by atoms with Gasteiger partial charge >= 0.3 is 6.03 Å². The van der Waals surface area contributed by atoms with Crippen LogP contribution in [0.3, 0.4) is 0 Å². The molecule has 2 heterocycles. The third-order valence-electron chi connectivity index (χ3n) is 8.11. The molecule has 2 aliphatic rings. The fourth-order valence-corrected chi connectivity index (χ4v) is 6.18. The van der Waals surface area contributed by atoms with Crippen LogP contribution in [-0.2, 0) is 12.8 Å². The summed E-state index contributed by atoms with van der Waals surface area (Å²) in [5.74, 6) is 7.65. The predicted molar refractivity (Wildman–Crippen MR) is 160 cm³/mol. The molecule has 1 fully saturated rings. The second-order valence-corrected chi connectivity index (χ2v) is 11.2. The Morgan fingerprint density at radius 1 is 1.12 bits per heavy atom. The zero-order chi connectivity index (χ0) is 28.6. The predicted octanol–water partition coefficient (Wildman–Crippen LogP) is 5.66. The number of nitrogens with zero attached hydrogens (tertiary/aromatic N) is 3. The number of halogens is 1. The number of primary amides is 1. The minimum absolute atomic E-state index is 0.0796. The lowest BCUT2D eigenvalue weighted by molar-refractivity contribution is -0.0372. The van der Waals surface area contributed by atoms with Crippen LogP contribution in [0.15, 0.2) is 60.8 Å². The Labute approximate surface area is 247 Å². The van der Waals surface area contributed by atoms with Crippen LogP contribution in [0.1, 0.15) is 59.5 Å². The van der Waals surface area contributed by atoms with E-state index < -0.39 is 6.03 Å². The number of benzene rings is 2. The fourth-order valence-electron chi connectivity index (χ4n) is 5.99. The summed E-state index contributed by atoms with van der Waals surface area (Å²) in [6, 6.07) is 17.5. The molecule has 3 aromatic rings. The molecule has 1 aliphatic heterocycles. The van der Waals surface area contributed by atoms with Gasteiger partial charge in [0, 0.05) is 35.7 Å². The highest BCUT2D eigenvalue weighted by Crippen LogP contribution is 2.42. The highest BCUT2D eigenvalue weighted by Gasteiger charge is 2.33. The van der Waals surface area contributed by atoms with E-state index in [2.05, 4.69) is 41.0 Å². The van der Waals surface area contributed by atoms with E-state index in [0.717, 1.165) is 68.1 Å². The smallest absolute Gasteiger partial charge is 0.338 e. The largest absolute Gasteiger partial charge is 0.494 e. The Kier molecular flexibility index (Phi) is 9.79. The Hall–Kier alpha value is -3.57. The number of aryl methyl sites for hydroxylation is 2. The Morgan fingerprint density at radius 2 is 1.90 bits per heavy atom. The molecule has 1 aromatic heterocycles. The third kappa shape index (κ3) is 7.59. The van der Waals surface area contributed by atoms with Crippen molar-refractivity contribution in [3.8, 4) is 17.6 Å². The van der Waals surface area contributed by atoms with Crippen molar-refractivity contribution in [1.29, 1.82) is 0 Å². The Bertz CT molecular complexity index is 1390. The summed E-state index contributed by atoms with van der Waals surface area (Å²) in [5.41, 5.74) is 11.2. The van der Waals surface area contributed by atoms with Gasteiger partial charge in [0.1, 0.15) is 5.75 Å². The summed E-state index contributed by atoms with van der Waals surface area (Å²) in [5, 5.41) is 10.5. The van der Waals surface area contributed by atoms with Gasteiger partial charge in [-0.1, -0.05) is 35.6 Å². The molecule has 2 aromatic carbocycles. The van der Waals surface area contributed by atoms with Gasteiger partial charge < -0.3 is 15.4 Å². The van der Waals surface area contributed by atoms with Crippen molar-refractivity contribution in [3.63, 3.8) is 0 Å². The van der Waals surface area contributed by atoms with Gasteiger partial charge in [-0.3, -0.25) is 10.2 Å². The summed E-state index contributed by atoms with van der Waals surface area (Å²) in [4.78, 5) is 18.3. The number of pyridine rings is 1. The molecular formula is C33H37ClN4O3. The number of rotatable bonds is 8. The van der Waals surface area contributed by atoms with Crippen LogP contribution < -0.4 is 10.5 Å². The third-order valence-corrected chi connectivity index (χ3v) is 8.34. The summed E-state index contributed by atoms with van der Waals surface area (Å²) < 4.78 is 5.97. The molecule has 8 heteroatoms. The maximum Gasteiger partial charge on any atom is 0.338 e. The SMILES string of the molecule is NC(=O)N(O)CCC#Cc1ccc(OCCCN2CCC(C3c4ccc(Cl)cc4CCc4cccnc43)CC2)cc1. The van der Waals surface area contributed by atoms with Gasteiger partial charge in [0.25, 0.3) is 0 Å². The molecule has 1 atom stereocenters. The number of piperidine rings is 1. The summed E-state index contributed by atoms with van der Waals surface area (Å²) in [7, 11) is 0. The molecule has 0 bridgehead atoms. The number of fused-ring (bicyclic) bond motifs is 2. The second-order valence-electron chi connectivity index (χ2n) is 10.8. The quantitative estimate of drug-likeness (QED) is 0.157. The lowest BCUT2D eigenvalue weighted by Crippen LogP contribution is -2.37. The van der Waals surface area contributed by atoms with Crippen molar-refractivity contribution >= 4 is 17.6 Å². The Morgan fingerprint density at radius 3 is 2.68 bits per heavy atom. The first-order valence-electron chi connectivity index (χ1n) is 14.4. The summed E-state index contributed by atoms with van der Waals surface area (Å²) in [6.45, 7) is 3.95. The van der Waals surface area contributed by atoms with Crippen molar-refractivity contribution in [2.45, 2.75) is 44.4 Å². The van der Waals surface area contributed by atoms with Crippen molar-refractivity contribution in [2.75, 3.05) is 32.8 Å². The van der Waals surface area contributed by atoms with E-state index in [0.29, 0.717) is 29.9 Å². The molecule has 1 saturated heterocycles. The number of hydrogen-bond donors (Lipinski definition) is 2. The molecule has 0 spiro atoms. The molecule has 41 heavy (non-hydrogen) atoms. The highest BCUT2D eigenvalue weighted by atomic mass is 35.5. The van der Waals surface area contributed by atoms with Crippen LogP contribution in [0, 0.1) is 17.8 Å². The maximum absolute atomic E-state index is 10.8. The minimum Gasteiger partial charge on any atom is -0.494 e. The van der Waals surface area contributed by atoms with E-state index in [1.807, 2.05) is 36.5 Å². The molecule has 1 aliphatic carbocycles. The highest BCUT2D eigenvalue weighted by molar-refractivity contribution is 6.30. The minimum atomic E-state index is -0.881. The van der Waals surface area contributed by atoms with E-state index in [1.165, 1.54) is 22.4 Å². The first-order chi connectivity index (χ1) is 20.0.